The topological polar surface area (TPSA) is 119 Å². The predicted molar refractivity (Wildman–Crippen MR) is 117 cm³/mol. The van der Waals surface area contributed by atoms with Gasteiger partial charge in [0.15, 0.2) is 0 Å². The molecular formula is C19H28BCl2N3O4. The monoisotopic (exact) mass is 443 g/mol. The number of benzene rings is 1. The number of hydrogen-bond acceptors (Lipinski definition) is 6. The molecular weight excluding hydrogens is 416 g/mol. The summed E-state index contributed by atoms with van der Waals surface area (Å²) in [7, 11) is -1.37. The van der Waals surface area contributed by atoms with Gasteiger partial charge in [0.25, 0.3) is 0 Å². The molecule has 6 N–H and O–H groups in total. The molecule has 2 rings (SSSR count). The molecule has 1 heterocycles. The number of carbonyl (C=O) groups is 1. The van der Waals surface area contributed by atoms with E-state index in [1.165, 1.54) is 0 Å². The highest BCUT2D eigenvalue weighted by atomic mass is 35.5. The van der Waals surface area contributed by atoms with Gasteiger partial charge in [-0.05, 0) is 49.7 Å². The number of nitrogens with one attached hydrogen (secondary N) is 1. The summed E-state index contributed by atoms with van der Waals surface area (Å²) >= 11 is 12.0. The van der Waals surface area contributed by atoms with Crippen LogP contribution in [0.3, 0.4) is 0 Å². The minimum absolute atomic E-state index is 0.159. The lowest BCUT2D eigenvalue weighted by Crippen LogP contribution is -2.57. The molecule has 1 saturated heterocycles. The third-order valence-electron chi connectivity index (χ3n) is 5.51. The Kier molecular flexibility index (Phi) is 8.66. The molecule has 1 fully saturated rings. The molecule has 1 aliphatic heterocycles. The Morgan fingerprint density at radius 1 is 1.28 bits per heavy atom. The van der Waals surface area contributed by atoms with E-state index in [1.807, 2.05) is 6.07 Å². The standard InChI is InChI=1S/C19H28BCl2N3O4/c1-13(24-15-4-5-16(21)17(22)12-15)25-10-6-14(7-11-25)19(23,18(26)27)8-2-3-9-20(28)29/h4-5,12,14,24,28-29H,1-3,6-11,23H2,(H,26,27). The van der Waals surface area contributed by atoms with Gasteiger partial charge in [0.1, 0.15) is 5.54 Å². The SMILES string of the molecule is C=C(Nc1ccc(Cl)c(Cl)c1)N1CCC(C(N)(CCCCB(O)O)C(=O)O)CC1. The summed E-state index contributed by atoms with van der Waals surface area (Å²) in [4.78, 5) is 13.9. The third-order valence-corrected chi connectivity index (χ3v) is 6.25. The average Bonchev–Trinajstić information content (AvgIpc) is 2.67. The van der Waals surface area contributed by atoms with Gasteiger partial charge >= 0.3 is 13.1 Å². The second-order valence-electron chi connectivity index (χ2n) is 7.53. The second kappa shape index (κ2) is 10.5. The molecule has 1 unspecified atom stereocenters. The minimum atomic E-state index is -1.37. The average molecular weight is 444 g/mol. The molecule has 0 amide bonds. The Morgan fingerprint density at radius 3 is 2.48 bits per heavy atom. The summed E-state index contributed by atoms with van der Waals surface area (Å²) in [5.74, 6) is -0.460. The van der Waals surface area contributed by atoms with E-state index in [-0.39, 0.29) is 12.2 Å². The quantitative estimate of drug-likeness (QED) is 0.278. The van der Waals surface area contributed by atoms with Crippen LogP contribution in [0.2, 0.25) is 16.4 Å². The molecule has 29 heavy (non-hydrogen) atoms. The molecule has 1 aromatic carbocycles. The highest BCUT2D eigenvalue weighted by Crippen LogP contribution is 2.33. The number of likely N-dealkylation sites (tertiary alicyclic amines) is 1. The first-order valence-corrected chi connectivity index (χ1v) is 10.4. The first-order chi connectivity index (χ1) is 13.6. The number of carboxylic acids is 1. The van der Waals surface area contributed by atoms with Gasteiger partial charge in [-0.2, -0.15) is 0 Å². The zero-order valence-electron chi connectivity index (χ0n) is 16.3. The van der Waals surface area contributed by atoms with Crippen LogP contribution in [0.25, 0.3) is 0 Å². The van der Waals surface area contributed by atoms with Gasteiger partial charge in [-0.15, -0.1) is 0 Å². The van der Waals surface area contributed by atoms with Crippen LogP contribution in [0.1, 0.15) is 32.1 Å². The molecule has 160 valence electrons. The number of rotatable bonds is 10. The first kappa shape index (κ1) is 23.8. The van der Waals surface area contributed by atoms with Crippen molar-refractivity contribution in [2.24, 2.45) is 11.7 Å². The highest BCUT2D eigenvalue weighted by molar-refractivity contribution is 6.42. The number of unbranched alkanes of at least 4 members (excludes halogenated alkanes) is 1. The van der Waals surface area contributed by atoms with Gasteiger partial charge in [-0.3, -0.25) is 4.79 Å². The van der Waals surface area contributed by atoms with Crippen LogP contribution in [0, 0.1) is 5.92 Å². The maximum atomic E-state index is 11.9. The van der Waals surface area contributed by atoms with Gasteiger partial charge in [-0.1, -0.05) is 42.6 Å². The molecule has 0 aromatic heterocycles. The van der Waals surface area contributed by atoms with Crippen LogP contribution >= 0.6 is 23.2 Å². The van der Waals surface area contributed by atoms with Gasteiger partial charge in [0.2, 0.25) is 0 Å². The number of carboxylic acid groups (broad SMARTS) is 1. The fourth-order valence-electron chi connectivity index (χ4n) is 3.71. The first-order valence-electron chi connectivity index (χ1n) is 9.68. The molecule has 0 saturated carbocycles. The minimum Gasteiger partial charge on any atom is -0.480 e. The van der Waals surface area contributed by atoms with Crippen LogP contribution in [0.5, 0.6) is 0 Å². The fraction of sp³-hybridized carbons (Fsp3) is 0.526. The Balaban J connectivity index is 1.90. The molecule has 0 bridgehead atoms. The maximum absolute atomic E-state index is 11.9. The zero-order valence-corrected chi connectivity index (χ0v) is 17.8. The van der Waals surface area contributed by atoms with Crippen molar-refractivity contribution in [3.63, 3.8) is 0 Å². The highest BCUT2D eigenvalue weighted by Gasteiger charge is 2.43. The molecule has 1 aliphatic rings. The summed E-state index contributed by atoms with van der Waals surface area (Å²) in [5, 5.41) is 31.7. The van der Waals surface area contributed by atoms with Crippen molar-refractivity contribution in [2.45, 2.75) is 44.0 Å². The van der Waals surface area contributed by atoms with Gasteiger partial charge in [0.05, 0.1) is 15.9 Å². The molecule has 0 spiro atoms. The fourth-order valence-corrected chi connectivity index (χ4v) is 4.01. The van der Waals surface area contributed by atoms with Crippen LogP contribution in [-0.2, 0) is 4.79 Å². The lowest BCUT2D eigenvalue weighted by Gasteiger charge is -2.41. The third kappa shape index (κ3) is 6.52. The summed E-state index contributed by atoms with van der Waals surface area (Å²) in [5.41, 5.74) is 5.76. The maximum Gasteiger partial charge on any atom is 0.451 e. The van der Waals surface area contributed by atoms with Crippen molar-refractivity contribution in [2.75, 3.05) is 18.4 Å². The van der Waals surface area contributed by atoms with E-state index in [0.717, 1.165) is 5.69 Å². The Hall–Kier alpha value is -1.45. The summed E-state index contributed by atoms with van der Waals surface area (Å²) < 4.78 is 0. The zero-order chi connectivity index (χ0) is 21.6. The number of piperidine rings is 1. The van der Waals surface area contributed by atoms with Crippen LogP contribution in [0.4, 0.5) is 5.69 Å². The predicted octanol–water partition coefficient (Wildman–Crippen LogP) is 3.01. The van der Waals surface area contributed by atoms with Gasteiger partial charge in [0, 0.05) is 18.8 Å². The lowest BCUT2D eigenvalue weighted by molar-refractivity contribution is -0.146. The van der Waals surface area contributed by atoms with Crippen molar-refractivity contribution in [3.8, 4) is 0 Å². The summed E-state index contributed by atoms with van der Waals surface area (Å²) in [6.45, 7) is 5.35. The van der Waals surface area contributed by atoms with Crippen molar-refractivity contribution in [3.05, 3.63) is 40.6 Å². The van der Waals surface area contributed by atoms with E-state index in [2.05, 4.69) is 16.8 Å². The number of hydrogen-bond donors (Lipinski definition) is 5. The van der Waals surface area contributed by atoms with E-state index in [4.69, 9.17) is 39.0 Å². The molecule has 10 heteroatoms. The lowest BCUT2D eigenvalue weighted by atomic mass is 9.74. The van der Waals surface area contributed by atoms with Crippen molar-refractivity contribution >= 4 is 42.0 Å². The van der Waals surface area contributed by atoms with Crippen molar-refractivity contribution in [1.82, 2.24) is 4.90 Å². The Bertz CT molecular complexity index is 729. The molecule has 0 aliphatic carbocycles. The number of nitrogens with zero attached hydrogens (tertiary/aromatic N) is 1. The van der Waals surface area contributed by atoms with Gasteiger partial charge in [-0.25, -0.2) is 0 Å². The van der Waals surface area contributed by atoms with Crippen LogP contribution in [0.15, 0.2) is 30.6 Å². The van der Waals surface area contributed by atoms with E-state index < -0.39 is 18.6 Å². The van der Waals surface area contributed by atoms with Gasteiger partial charge < -0.3 is 31.1 Å². The number of anilines is 1. The summed E-state index contributed by atoms with van der Waals surface area (Å²) in [6.07, 6.45) is 2.84. The van der Waals surface area contributed by atoms with E-state index >= 15 is 0 Å². The van der Waals surface area contributed by atoms with Crippen molar-refractivity contribution in [1.29, 1.82) is 0 Å². The van der Waals surface area contributed by atoms with Crippen LogP contribution < -0.4 is 11.1 Å². The Labute approximate surface area is 181 Å². The normalized spacial score (nSPS) is 16.9. The molecule has 0 radical (unpaired) electrons. The van der Waals surface area contributed by atoms with Crippen molar-refractivity contribution < 1.29 is 19.9 Å². The Morgan fingerprint density at radius 2 is 1.93 bits per heavy atom. The number of halogens is 2. The molecule has 1 aromatic rings. The number of nitrogens with two attached hydrogens (primary N) is 1. The van der Waals surface area contributed by atoms with Crippen LogP contribution in [-0.4, -0.2) is 51.8 Å². The van der Waals surface area contributed by atoms with E-state index in [0.29, 0.717) is 61.1 Å². The second-order valence-corrected chi connectivity index (χ2v) is 8.35. The van der Waals surface area contributed by atoms with E-state index in [1.54, 1.807) is 12.1 Å². The molecule has 7 nitrogen and oxygen atoms in total. The summed E-state index contributed by atoms with van der Waals surface area (Å²) in [6, 6.07) is 5.24. The smallest absolute Gasteiger partial charge is 0.451 e. The molecule has 1 atom stereocenters. The largest absolute Gasteiger partial charge is 0.480 e. The van der Waals surface area contributed by atoms with E-state index in [9.17, 15) is 9.90 Å². The number of aliphatic carboxylic acids is 1.